The molecule has 5 aliphatic carbocycles. The molecule has 0 aromatic rings. The summed E-state index contributed by atoms with van der Waals surface area (Å²) < 4.78 is 23.4. The van der Waals surface area contributed by atoms with E-state index in [1.807, 2.05) is 26.8 Å². The summed E-state index contributed by atoms with van der Waals surface area (Å²) in [5, 5.41) is 83.0. The van der Waals surface area contributed by atoms with Gasteiger partial charge in [-0.05, 0) is 110 Å². The van der Waals surface area contributed by atoms with E-state index in [0.717, 1.165) is 37.7 Å². The number of hydrogen-bond donors (Lipinski definition) is 11. The lowest BCUT2D eigenvalue weighted by Crippen LogP contribution is -2.68. The Bertz CT molecular complexity index is 1750. The summed E-state index contributed by atoms with van der Waals surface area (Å²) in [5.74, 6) is -4.47. The van der Waals surface area contributed by atoms with E-state index in [1.165, 1.54) is 0 Å². The van der Waals surface area contributed by atoms with Crippen molar-refractivity contribution in [2.75, 3.05) is 0 Å². The fourth-order valence-electron chi connectivity index (χ4n) is 13.4. The Morgan fingerprint density at radius 1 is 0.672 bits per heavy atom. The molecular formula is C42H71N3O16. The second-order valence-corrected chi connectivity index (χ2v) is 20.6. The number of hydrogen-bond acceptors (Lipinski definition) is 16. The van der Waals surface area contributed by atoms with Crippen LogP contribution < -0.4 is 18.5 Å². The number of aliphatic hydroxyl groups is 5. The maximum absolute atomic E-state index is 14.8. The van der Waals surface area contributed by atoms with Gasteiger partial charge in [0.05, 0.1) is 11.5 Å². The van der Waals surface area contributed by atoms with Gasteiger partial charge in [0.2, 0.25) is 0 Å². The van der Waals surface area contributed by atoms with Crippen molar-refractivity contribution in [1.29, 1.82) is 0 Å². The predicted octanol–water partition coefficient (Wildman–Crippen LogP) is 2.73. The highest BCUT2D eigenvalue weighted by atomic mass is 16.8. The molecule has 2 saturated heterocycles. The second kappa shape index (κ2) is 16.7. The van der Waals surface area contributed by atoms with Gasteiger partial charge in [0.25, 0.3) is 0 Å². The van der Waals surface area contributed by atoms with Gasteiger partial charge in [-0.1, -0.05) is 47.1 Å². The average Bonchev–Trinajstić information content (AvgIpc) is 3.13. The fraction of sp³-hybridized carbons (Fsp3) is 0.857. The maximum Gasteiger partial charge on any atom is 0.335 e. The molecule has 2 heterocycles. The zero-order valence-corrected chi connectivity index (χ0v) is 36.5. The number of allylic oxidation sites excluding steroid dienone is 2. The minimum atomic E-state index is -2.05. The molecule has 0 aromatic heterocycles. The fourth-order valence-corrected chi connectivity index (χ4v) is 13.4. The molecule has 61 heavy (non-hydrogen) atoms. The number of fused-ring (bicyclic) bond motifs is 7. The molecule has 0 aromatic carbocycles. The Labute approximate surface area is 356 Å². The standard InChI is InChI=1S/C42H62O16.3H3N/c1-37(2)21-8-11-42(7)31(20(43)16-18-19-17-39(4,36(53)54)13-12-38(19,3)14-15-41(18,42)6)40(21,5)10-9-22(37)55-35-30(26(47)25(46)29(57-35)33(51)52)58-34-27(48)23(44)24(45)28(56-34)32(49)50;;;/h16,19,21-31,34-35,44-48H,8-15,17H2,1-7H3,(H,49,50)(H,51,52)(H,53,54);3*1H3/t19-,21+,22+,23+,24+,25+,26+,27-,28+,29+,30-,31-,34+,35+,38-,39+,40+,41-,42-;;;/m1.../s1. The first-order valence-electron chi connectivity index (χ1n) is 20.7. The third kappa shape index (κ3) is 7.47. The van der Waals surface area contributed by atoms with Crippen molar-refractivity contribution in [2.24, 2.45) is 50.2 Å². The Morgan fingerprint density at radius 3 is 1.80 bits per heavy atom. The van der Waals surface area contributed by atoms with Gasteiger partial charge in [-0.25, -0.2) is 9.59 Å². The molecule has 0 unspecified atom stereocenters. The van der Waals surface area contributed by atoms with Crippen molar-refractivity contribution in [3.8, 4) is 0 Å². The molecule has 0 spiro atoms. The van der Waals surface area contributed by atoms with E-state index in [2.05, 4.69) is 27.7 Å². The summed E-state index contributed by atoms with van der Waals surface area (Å²) in [7, 11) is 0. The molecule has 2 aliphatic heterocycles. The number of carbonyl (C=O) groups is 4. The molecule has 19 atom stereocenters. The highest BCUT2D eigenvalue weighted by molar-refractivity contribution is 5.95. The average molecular weight is 874 g/mol. The van der Waals surface area contributed by atoms with Crippen LogP contribution in [0.1, 0.15) is 106 Å². The summed E-state index contributed by atoms with van der Waals surface area (Å²) in [4.78, 5) is 51.3. The van der Waals surface area contributed by atoms with E-state index in [1.54, 1.807) is 0 Å². The largest absolute Gasteiger partial charge is 0.481 e. The van der Waals surface area contributed by atoms with Crippen LogP contribution in [0, 0.1) is 50.2 Å². The predicted molar refractivity (Wildman–Crippen MR) is 215 cm³/mol. The number of carbonyl (C=O) groups excluding carboxylic acids is 1. The molecule has 4 saturated carbocycles. The number of aliphatic hydroxyl groups excluding tert-OH is 5. The van der Waals surface area contributed by atoms with E-state index in [0.29, 0.717) is 25.7 Å². The Balaban J connectivity index is 0.00000273. The lowest BCUT2D eigenvalue weighted by atomic mass is 9.33. The Kier molecular flexibility index (Phi) is 14.0. The number of carboxylic acids is 3. The van der Waals surface area contributed by atoms with Gasteiger partial charge >= 0.3 is 17.9 Å². The van der Waals surface area contributed by atoms with Gasteiger partial charge in [-0.3, -0.25) is 9.59 Å². The van der Waals surface area contributed by atoms with E-state index in [4.69, 9.17) is 18.9 Å². The van der Waals surface area contributed by atoms with Crippen LogP contribution in [0.4, 0.5) is 0 Å². The van der Waals surface area contributed by atoms with Crippen molar-refractivity contribution in [3.05, 3.63) is 11.6 Å². The Hall–Kier alpha value is -2.66. The van der Waals surface area contributed by atoms with E-state index >= 15 is 0 Å². The molecule has 7 rings (SSSR count). The summed E-state index contributed by atoms with van der Waals surface area (Å²) >= 11 is 0. The van der Waals surface area contributed by atoms with Crippen LogP contribution in [0.5, 0.6) is 0 Å². The van der Waals surface area contributed by atoms with Crippen molar-refractivity contribution in [1.82, 2.24) is 18.5 Å². The first-order valence-corrected chi connectivity index (χ1v) is 20.7. The number of ketones is 1. The highest BCUT2D eigenvalue weighted by Crippen LogP contribution is 2.75. The quantitative estimate of drug-likeness (QED) is 0.164. The molecule has 6 fully saturated rings. The second-order valence-electron chi connectivity index (χ2n) is 20.6. The summed E-state index contributed by atoms with van der Waals surface area (Å²) in [5.41, 5.74) is -1.81. The van der Waals surface area contributed by atoms with Crippen LogP contribution in [0.15, 0.2) is 11.6 Å². The summed E-state index contributed by atoms with van der Waals surface area (Å²) in [6, 6.07) is 0. The molecule has 350 valence electrons. The smallest absolute Gasteiger partial charge is 0.335 e. The topological polar surface area (TPSA) is 372 Å². The lowest BCUT2D eigenvalue weighted by Gasteiger charge is -2.70. The molecule has 7 aliphatic rings. The van der Waals surface area contributed by atoms with Gasteiger partial charge in [0.15, 0.2) is 30.6 Å². The number of carboxylic acid groups (broad SMARTS) is 3. The normalized spacial score (nSPS) is 50.0. The van der Waals surface area contributed by atoms with E-state index in [-0.39, 0.29) is 52.8 Å². The first-order chi connectivity index (χ1) is 26.8. The van der Waals surface area contributed by atoms with Crippen LogP contribution in [0.25, 0.3) is 0 Å². The van der Waals surface area contributed by atoms with Crippen molar-refractivity contribution in [2.45, 2.75) is 174 Å². The maximum atomic E-state index is 14.8. The summed E-state index contributed by atoms with van der Waals surface area (Å²) in [6.07, 6.45) is -12.2. The van der Waals surface area contributed by atoms with Gasteiger partial charge in [-0.2, -0.15) is 0 Å². The van der Waals surface area contributed by atoms with Crippen LogP contribution >= 0.6 is 0 Å². The Morgan fingerprint density at radius 2 is 1.23 bits per heavy atom. The van der Waals surface area contributed by atoms with Crippen LogP contribution in [0.2, 0.25) is 0 Å². The van der Waals surface area contributed by atoms with Crippen LogP contribution in [-0.2, 0) is 38.1 Å². The van der Waals surface area contributed by atoms with Crippen molar-refractivity contribution < 1.29 is 79.0 Å². The van der Waals surface area contributed by atoms with E-state index < -0.39 is 107 Å². The van der Waals surface area contributed by atoms with Gasteiger partial charge < -0.3 is 78.3 Å². The third-order valence-corrected chi connectivity index (χ3v) is 17.2. The van der Waals surface area contributed by atoms with Gasteiger partial charge in [0.1, 0.15) is 36.6 Å². The monoisotopic (exact) mass is 873 g/mol. The van der Waals surface area contributed by atoms with E-state index in [9.17, 15) is 60.0 Å². The molecule has 0 bridgehead atoms. The molecule has 0 amide bonds. The highest BCUT2D eigenvalue weighted by Gasteiger charge is 2.71. The van der Waals surface area contributed by atoms with Crippen LogP contribution in [-0.4, -0.2) is 132 Å². The number of ether oxygens (including phenoxy) is 4. The zero-order valence-electron chi connectivity index (χ0n) is 36.5. The number of aliphatic carboxylic acids is 3. The summed E-state index contributed by atoms with van der Waals surface area (Å²) in [6.45, 7) is 14.8. The first kappa shape index (κ1) is 51.0. The minimum absolute atomic E-state index is 0. The van der Waals surface area contributed by atoms with Crippen molar-refractivity contribution >= 4 is 23.7 Å². The number of rotatable bonds is 7. The third-order valence-electron chi connectivity index (χ3n) is 17.2. The molecule has 19 nitrogen and oxygen atoms in total. The van der Waals surface area contributed by atoms with Crippen LogP contribution in [0.3, 0.4) is 0 Å². The lowest BCUT2D eigenvalue weighted by molar-refractivity contribution is -0.371. The SMILES string of the molecule is CC1(C)[C@@H](O[C@H]2O[C@H](C(=O)O)[C@@H](O)[C@H](O)[C@H]2O[C@@H]2O[C@H](C(=O)O)[C@@H](O)[C@H](O)[C@H]2O)CC[C@]2(C)[C@H]3C(=O)C=C4[C@H]5C[C@@](C)(C(=O)O)CC[C@]5(C)CC[C@@]4(C)[C@]3(C)CC[C@@H]12.N.N.N. The minimum Gasteiger partial charge on any atom is -0.481 e. The zero-order chi connectivity index (χ0) is 42.9. The molecule has 17 N–H and O–H groups in total. The molecule has 0 radical (unpaired) electrons. The van der Waals surface area contributed by atoms with Gasteiger partial charge in [0, 0.05) is 5.92 Å². The van der Waals surface area contributed by atoms with Gasteiger partial charge in [-0.15, -0.1) is 0 Å². The van der Waals surface area contributed by atoms with Crippen molar-refractivity contribution in [3.63, 3.8) is 0 Å². The molecular weight excluding hydrogens is 802 g/mol. The molecule has 19 heteroatoms.